The minimum Gasteiger partial charge on any atom is -0.399 e. The highest BCUT2D eigenvalue weighted by Gasteiger charge is 2.10. The second-order valence-electron chi connectivity index (χ2n) is 1.90. The van der Waals surface area contributed by atoms with Crippen LogP contribution in [0.2, 0.25) is 0 Å². The van der Waals surface area contributed by atoms with Crippen molar-refractivity contribution in [1.29, 1.82) is 0 Å². The molecule has 1 atom stereocenters. The third-order valence-corrected chi connectivity index (χ3v) is 1.14. The predicted octanol–water partition coefficient (Wildman–Crippen LogP) is 0.310. The molecule has 9 heavy (non-hydrogen) atoms. The van der Waals surface area contributed by atoms with Gasteiger partial charge in [0.1, 0.15) is 7.11 Å². The summed E-state index contributed by atoms with van der Waals surface area (Å²) in [5, 5.41) is 12.5. The maximum absolute atomic E-state index is 8.90. The van der Waals surface area contributed by atoms with Crippen molar-refractivity contribution in [3.63, 3.8) is 0 Å². The molecule has 0 fully saturated rings. The summed E-state index contributed by atoms with van der Waals surface area (Å²) in [5.74, 6) is 0. The first-order chi connectivity index (χ1) is 4.33. The first-order valence-electron chi connectivity index (χ1n) is 2.79. The highest BCUT2D eigenvalue weighted by molar-refractivity contribution is 5.97. The fourth-order valence-electron chi connectivity index (χ4n) is 0.757. The maximum Gasteiger partial charge on any atom is 0.106 e. The van der Waals surface area contributed by atoms with Crippen molar-refractivity contribution in [3.8, 4) is 0 Å². The molecule has 1 N–H and O–H groups in total. The van der Waals surface area contributed by atoms with Crippen molar-refractivity contribution in [1.82, 2.24) is 0 Å². The number of rotatable bonds is 1. The third-order valence-electron chi connectivity index (χ3n) is 1.14. The number of hydrogen-bond acceptors (Lipinski definition) is 3. The lowest BCUT2D eigenvalue weighted by atomic mass is 10.3. The van der Waals surface area contributed by atoms with Gasteiger partial charge in [-0.15, -0.1) is 0 Å². The Labute approximate surface area is 53.6 Å². The molecule has 1 rings (SSSR count). The van der Waals surface area contributed by atoms with Crippen LogP contribution in [0.1, 0.15) is 6.42 Å². The van der Waals surface area contributed by atoms with Crippen molar-refractivity contribution in [2.24, 2.45) is 5.16 Å². The average molecular weight is 127 g/mol. The van der Waals surface area contributed by atoms with E-state index in [1.165, 1.54) is 7.11 Å². The molecule has 3 nitrogen and oxygen atoms in total. The Morgan fingerprint density at radius 3 is 3.11 bits per heavy atom. The van der Waals surface area contributed by atoms with Gasteiger partial charge in [0.2, 0.25) is 0 Å². The molecule has 0 bridgehead atoms. The van der Waals surface area contributed by atoms with Crippen LogP contribution < -0.4 is 0 Å². The number of oxime groups is 1. The van der Waals surface area contributed by atoms with Crippen LogP contribution in [0.3, 0.4) is 0 Å². The largest absolute Gasteiger partial charge is 0.399 e. The van der Waals surface area contributed by atoms with E-state index in [0.29, 0.717) is 6.42 Å². The van der Waals surface area contributed by atoms with Crippen molar-refractivity contribution in [2.75, 3.05) is 7.11 Å². The van der Waals surface area contributed by atoms with E-state index in [2.05, 4.69) is 9.99 Å². The minimum atomic E-state index is -0.362. The Kier molecular flexibility index (Phi) is 1.85. The number of hydrogen-bond donors (Lipinski definition) is 1. The molecule has 1 aliphatic rings. The van der Waals surface area contributed by atoms with Crippen molar-refractivity contribution >= 4 is 5.71 Å². The number of aliphatic hydroxyl groups excluding tert-OH is 1. The van der Waals surface area contributed by atoms with Gasteiger partial charge in [0.15, 0.2) is 0 Å². The Bertz CT molecular complexity index is 151. The van der Waals surface area contributed by atoms with Gasteiger partial charge in [-0.05, 0) is 6.08 Å². The molecule has 0 heterocycles. The van der Waals surface area contributed by atoms with Gasteiger partial charge in [-0.1, -0.05) is 11.2 Å². The molecule has 50 valence electrons. The fourth-order valence-corrected chi connectivity index (χ4v) is 0.757. The van der Waals surface area contributed by atoms with E-state index in [9.17, 15) is 0 Å². The predicted molar refractivity (Wildman–Crippen MR) is 34.2 cm³/mol. The van der Waals surface area contributed by atoms with Gasteiger partial charge in [-0.3, -0.25) is 0 Å². The molecule has 1 aliphatic carbocycles. The summed E-state index contributed by atoms with van der Waals surface area (Å²) in [7, 11) is 1.49. The molecule has 0 spiro atoms. The first-order valence-corrected chi connectivity index (χ1v) is 2.79. The Morgan fingerprint density at radius 1 is 1.89 bits per heavy atom. The van der Waals surface area contributed by atoms with E-state index >= 15 is 0 Å². The molecule has 0 aromatic rings. The summed E-state index contributed by atoms with van der Waals surface area (Å²) in [6.45, 7) is 0. The van der Waals surface area contributed by atoms with Gasteiger partial charge < -0.3 is 9.94 Å². The Hall–Kier alpha value is -0.830. The van der Waals surface area contributed by atoms with Gasteiger partial charge in [0, 0.05) is 6.42 Å². The molecule has 0 aliphatic heterocycles. The highest BCUT2D eigenvalue weighted by Crippen LogP contribution is 2.06. The molecule has 0 radical (unpaired) electrons. The minimum absolute atomic E-state index is 0.362. The van der Waals surface area contributed by atoms with Crippen molar-refractivity contribution in [2.45, 2.75) is 12.5 Å². The Morgan fingerprint density at radius 2 is 2.67 bits per heavy atom. The van der Waals surface area contributed by atoms with Crippen molar-refractivity contribution in [3.05, 3.63) is 12.2 Å². The fraction of sp³-hybridized carbons (Fsp3) is 0.500. The molecule has 0 saturated heterocycles. The van der Waals surface area contributed by atoms with Crippen LogP contribution in [0, 0.1) is 0 Å². The summed E-state index contributed by atoms with van der Waals surface area (Å²) < 4.78 is 0. The lowest BCUT2D eigenvalue weighted by molar-refractivity contribution is 0.208. The van der Waals surface area contributed by atoms with E-state index in [1.807, 2.05) is 0 Å². The molecule has 0 aromatic carbocycles. The smallest absolute Gasteiger partial charge is 0.106 e. The SMILES string of the molecule is CO/N=C1\C=C[C@H](O)C1. The molecular weight excluding hydrogens is 118 g/mol. The molecule has 0 unspecified atom stereocenters. The molecule has 0 aromatic heterocycles. The lowest BCUT2D eigenvalue weighted by Crippen LogP contribution is -2.00. The van der Waals surface area contributed by atoms with Crippen LogP contribution in [-0.2, 0) is 4.84 Å². The summed E-state index contributed by atoms with van der Waals surface area (Å²) in [5.41, 5.74) is 0.796. The zero-order valence-corrected chi connectivity index (χ0v) is 5.24. The monoisotopic (exact) mass is 127 g/mol. The zero-order chi connectivity index (χ0) is 6.69. The van der Waals surface area contributed by atoms with E-state index in [0.717, 1.165) is 5.71 Å². The summed E-state index contributed by atoms with van der Waals surface area (Å²) in [4.78, 5) is 4.50. The molecular formula is C6H9NO2. The van der Waals surface area contributed by atoms with E-state index < -0.39 is 0 Å². The van der Waals surface area contributed by atoms with Crippen LogP contribution >= 0.6 is 0 Å². The van der Waals surface area contributed by atoms with Gasteiger partial charge in [-0.2, -0.15) is 0 Å². The van der Waals surface area contributed by atoms with Crippen LogP contribution in [0.25, 0.3) is 0 Å². The third kappa shape index (κ3) is 1.54. The standard InChI is InChI=1S/C6H9NO2/c1-9-7-5-2-3-6(8)4-5/h2-3,6,8H,4H2,1H3/b7-5+/t6-/m0/s1. The molecule has 0 amide bonds. The quantitative estimate of drug-likeness (QED) is 0.515. The average Bonchev–Trinajstić information content (AvgIpc) is 2.17. The highest BCUT2D eigenvalue weighted by atomic mass is 16.6. The number of nitrogens with zero attached hydrogens (tertiary/aromatic N) is 1. The molecule has 3 heteroatoms. The second kappa shape index (κ2) is 2.64. The van der Waals surface area contributed by atoms with E-state index in [1.54, 1.807) is 12.2 Å². The summed E-state index contributed by atoms with van der Waals surface area (Å²) >= 11 is 0. The first kappa shape index (κ1) is 6.29. The Balaban J connectivity index is 2.50. The maximum atomic E-state index is 8.90. The summed E-state index contributed by atoms with van der Waals surface area (Å²) in [6.07, 6.45) is 3.67. The van der Waals surface area contributed by atoms with Crippen LogP contribution in [0.4, 0.5) is 0 Å². The van der Waals surface area contributed by atoms with Crippen molar-refractivity contribution < 1.29 is 9.94 Å². The van der Waals surface area contributed by atoms with Crippen LogP contribution in [0.15, 0.2) is 17.3 Å². The van der Waals surface area contributed by atoms with Gasteiger partial charge in [0.05, 0.1) is 11.8 Å². The summed E-state index contributed by atoms with van der Waals surface area (Å²) in [6, 6.07) is 0. The zero-order valence-electron chi connectivity index (χ0n) is 5.24. The van der Waals surface area contributed by atoms with Gasteiger partial charge >= 0.3 is 0 Å². The normalized spacial score (nSPS) is 29.6. The van der Waals surface area contributed by atoms with Gasteiger partial charge in [-0.25, -0.2) is 0 Å². The number of aliphatic hydroxyl groups is 1. The number of allylic oxidation sites excluding steroid dienone is 1. The van der Waals surface area contributed by atoms with E-state index in [-0.39, 0.29) is 6.10 Å². The lowest BCUT2D eigenvalue weighted by Gasteiger charge is -1.93. The second-order valence-corrected chi connectivity index (χ2v) is 1.90. The van der Waals surface area contributed by atoms with Gasteiger partial charge in [0.25, 0.3) is 0 Å². The van der Waals surface area contributed by atoms with E-state index in [4.69, 9.17) is 5.11 Å². The topological polar surface area (TPSA) is 41.8 Å². The molecule has 0 saturated carbocycles. The van der Waals surface area contributed by atoms with Crippen LogP contribution in [0.5, 0.6) is 0 Å². The van der Waals surface area contributed by atoms with Crippen LogP contribution in [-0.4, -0.2) is 24.0 Å².